The number of nitrogens with one attached hydrogen (secondary N) is 1. The van der Waals surface area contributed by atoms with Crippen LogP contribution in [0.5, 0.6) is 0 Å². The first-order valence-electron chi connectivity index (χ1n) is 8.22. The molecule has 9 heteroatoms. The summed E-state index contributed by atoms with van der Waals surface area (Å²) >= 11 is 1.11. The largest absolute Gasteiger partial charge is 0.452 e. The zero-order chi connectivity index (χ0) is 20.6. The van der Waals surface area contributed by atoms with Gasteiger partial charge in [0.15, 0.2) is 6.61 Å². The molecule has 8 nitrogen and oxygen atoms in total. The summed E-state index contributed by atoms with van der Waals surface area (Å²) in [6.45, 7) is 4.87. The highest BCUT2D eigenvalue weighted by Crippen LogP contribution is 2.23. The van der Waals surface area contributed by atoms with Crippen molar-refractivity contribution in [1.29, 1.82) is 0 Å². The van der Waals surface area contributed by atoms with Crippen LogP contribution < -0.4 is 11.1 Å². The summed E-state index contributed by atoms with van der Waals surface area (Å²) in [5, 5.41) is 2.75. The lowest BCUT2D eigenvalue weighted by atomic mass is 10.1. The first kappa shape index (κ1) is 22.5. The predicted molar refractivity (Wildman–Crippen MR) is 102 cm³/mol. The molecule has 0 saturated carbocycles. The second kappa shape index (κ2) is 9.96. The van der Waals surface area contributed by atoms with Gasteiger partial charge in [-0.25, -0.2) is 4.79 Å². The van der Waals surface area contributed by atoms with Crippen molar-refractivity contribution in [3.05, 3.63) is 29.8 Å². The van der Waals surface area contributed by atoms with Gasteiger partial charge in [-0.3, -0.25) is 14.4 Å². The van der Waals surface area contributed by atoms with Crippen LogP contribution in [-0.4, -0.2) is 60.1 Å². The Morgan fingerprint density at radius 3 is 2.41 bits per heavy atom. The number of hydrogen-bond acceptors (Lipinski definition) is 6. The van der Waals surface area contributed by atoms with Crippen molar-refractivity contribution < 1.29 is 23.9 Å². The second-order valence-corrected chi connectivity index (χ2v) is 7.89. The van der Waals surface area contributed by atoms with Gasteiger partial charge < -0.3 is 20.7 Å². The molecule has 0 saturated heterocycles. The van der Waals surface area contributed by atoms with Crippen molar-refractivity contribution in [2.24, 2.45) is 5.73 Å². The molecule has 0 fully saturated rings. The number of thioether (sulfide) groups is 1. The average Bonchev–Trinajstić information content (AvgIpc) is 2.55. The molecule has 148 valence electrons. The van der Waals surface area contributed by atoms with Gasteiger partial charge in [0, 0.05) is 17.5 Å². The molecule has 0 unspecified atom stereocenters. The van der Waals surface area contributed by atoms with Gasteiger partial charge in [-0.2, -0.15) is 0 Å². The van der Waals surface area contributed by atoms with E-state index in [2.05, 4.69) is 5.32 Å². The number of amides is 3. The predicted octanol–water partition coefficient (Wildman–Crippen LogP) is 0.794. The van der Waals surface area contributed by atoms with E-state index in [4.69, 9.17) is 10.5 Å². The number of primary amides is 1. The minimum Gasteiger partial charge on any atom is -0.452 e. The molecule has 1 aromatic rings. The van der Waals surface area contributed by atoms with E-state index in [-0.39, 0.29) is 23.8 Å². The number of rotatable bonds is 8. The standard InChI is InChI=1S/C18H25N3O5S/c1-18(2,3)20-15(23)9-21(4)16(24)10-26-17(25)12-7-5-6-8-13(12)27-11-14(19)22/h5-8H,9-11H2,1-4H3,(H2,19,22)(H,20,23). The lowest BCUT2D eigenvalue weighted by Crippen LogP contribution is -2.46. The summed E-state index contributed by atoms with van der Waals surface area (Å²) in [4.78, 5) is 48.8. The third-order valence-corrected chi connectivity index (χ3v) is 4.22. The van der Waals surface area contributed by atoms with E-state index in [0.717, 1.165) is 11.8 Å². The Morgan fingerprint density at radius 2 is 1.81 bits per heavy atom. The summed E-state index contributed by atoms with van der Waals surface area (Å²) in [7, 11) is 1.45. The molecule has 0 aliphatic rings. The maximum atomic E-state index is 12.2. The van der Waals surface area contributed by atoms with Gasteiger partial charge in [0.2, 0.25) is 11.8 Å². The first-order valence-corrected chi connectivity index (χ1v) is 9.20. The van der Waals surface area contributed by atoms with Crippen LogP contribution in [-0.2, 0) is 19.1 Å². The SMILES string of the molecule is CN(CC(=O)NC(C)(C)C)C(=O)COC(=O)c1ccccc1SCC(N)=O. The number of hydrogen-bond donors (Lipinski definition) is 2. The topological polar surface area (TPSA) is 119 Å². The molecule has 0 atom stereocenters. The number of nitrogens with zero attached hydrogens (tertiary/aromatic N) is 1. The average molecular weight is 395 g/mol. The quantitative estimate of drug-likeness (QED) is 0.496. The zero-order valence-electron chi connectivity index (χ0n) is 15.9. The Morgan fingerprint density at radius 1 is 1.19 bits per heavy atom. The minimum atomic E-state index is -0.691. The van der Waals surface area contributed by atoms with E-state index in [1.807, 2.05) is 20.8 Å². The number of carbonyl (C=O) groups is 4. The fourth-order valence-corrected chi connectivity index (χ4v) is 2.77. The van der Waals surface area contributed by atoms with Crippen molar-refractivity contribution in [2.75, 3.05) is 26.0 Å². The molecule has 0 radical (unpaired) electrons. The van der Waals surface area contributed by atoms with Crippen molar-refractivity contribution >= 4 is 35.5 Å². The lowest BCUT2D eigenvalue weighted by molar-refractivity contribution is -0.137. The Bertz CT molecular complexity index is 715. The third-order valence-electron chi connectivity index (χ3n) is 3.12. The second-order valence-electron chi connectivity index (χ2n) is 6.88. The van der Waals surface area contributed by atoms with Crippen LogP contribution in [0.15, 0.2) is 29.2 Å². The van der Waals surface area contributed by atoms with E-state index >= 15 is 0 Å². The summed E-state index contributed by atoms with van der Waals surface area (Å²) in [5.41, 5.74) is 4.95. The van der Waals surface area contributed by atoms with Gasteiger partial charge in [0.1, 0.15) is 0 Å². The Hall–Kier alpha value is -2.55. The smallest absolute Gasteiger partial charge is 0.339 e. The maximum absolute atomic E-state index is 12.2. The zero-order valence-corrected chi connectivity index (χ0v) is 16.7. The fourth-order valence-electron chi connectivity index (χ4n) is 1.99. The van der Waals surface area contributed by atoms with E-state index in [1.165, 1.54) is 18.0 Å². The van der Waals surface area contributed by atoms with Crippen molar-refractivity contribution in [2.45, 2.75) is 31.2 Å². The summed E-state index contributed by atoms with van der Waals surface area (Å²) in [5.74, 6) is -1.99. The number of esters is 1. The Kier molecular flexibility index (Phi) is 8.30. The van der Waals surface area contributed by atoms with Crippen molar-refractivity contribution in [1.82, 2.24) is 10.2 Å². The Balaban J connectivity index is 2.60. The first-order chi connectivity index (χ1) is 12.5. The van der Waals surface area contributed by atoms with Crippen molar-refractivity contribution in [3.63, 3.8) is 0 Å². The highest BCUT2D eigenvalue weighted by molar-refractivity contribution is 8.00. The molecular formula is C18H25N3O5S. The van der Waals surface area contributed by atoms with Gasteiger partial charge in [0.05, 0.1) is 17.9 Å². The van der Waals surface area contributed by atoms with E-state index in [9.17, 15) is 19.2 Å². The molecule has 0 heterocycles. The van der Waals surface area contributed by atoms with Crippen LogP contribution >= 0.6 is 11.8 Å². The highest BCUT2D eigenvalue weighted by Gasteiger charge is 2.20. The Labute approximate surface area is 162 Å². The summed E-state index contributed by atoms with van der Waals surface area (Å²) < 4.78 is 5.05. The molecule has 1 aromatic carbocycles. The highest BCUT2D eigenvalue weighted by atomic mass is 32.2. The van der Waals surface area contributed by atoms with Crippen LogP contribution in [0.3, 0.4) is 0 Å². The van der Waals surface area contributed by atoms with Crippen LogP contribution in [0.25, 0.3) is 0 Å². The number of benzene rings is 1. The number of likely N-dealkylation sites (N-methyl/N-ethyl adjacent to an activating group) is 1. The third kappa shape index (κ3) is 8.59. The summed E-state index contributed by atoms with van der Waals surface area (Å²) in [6, 6.07) is 6.56. The summed E-state index contributed by atoms with van der Waals surface area (Å²) in [6.07, 6.45) is 0. The van der Waals surface area contributed by atoms with Gasteiger partial charge in [-0.05, 0) is 32.9 Å². The number of ether oxygens (including phenoxy) is 1. The minimum absolute atomic E-state index is 0.0227. The number of nitrogens with two attached hydrogens (primary N) is 1. The molecule has 1 rings (SSSR count). The van der Waals surface area contributed by atoms with E-state index in [1.54, 1.807) is 18.2 Å². The molecule has 27 heavy (non-hydrogen) atoms. The molecule has 0 aromatic heterocycles. The lowest BCUT2D eigenvalue weighted by Gasteiger charge is -2.23. The molecule has 0 aliphatic carbocycles. The van der Waals surface area contributed by atoms with E-state index < -0.39 is 29.9 Å². The van der Waals surface area contributed by atoms with Crippen LogP contribution in [0, 0.1) is 0 Å². The molecule has 3 amide bonds. The van der Waals surface area contributed by atoms with Gasteiger partial charge in [0.25, 0.3) is 5.91 Å². The van der Waals surface area contributed by atoms with Gasteiger partial charge in [-0.15, -0.1) is 11.8 Å². The van der Waals surface area contributed by atoms with Crippen LogP contribution in [0.2, 0.25) is 0 Å². The molecule has 3 N–H and O–H groups in total. The molecule has 0 aliphatic heterocycles. The fraction of sp³-hybridized carbons (Fsp3) is 0.444. The van der Waals surface area contributed by atoms with Crippen LogP contribution in [0.4, 0.5) is 0 Å². The van der Waals surface area contributed by atoms with Gasteiger partial charge in [-0.1, -0.05) is 12.1 Å². The number of carbonyl (C=O) groups excluding carboxylic acids is 4. The van der Waals surface area contributed by atoms with Crippen molar-refractivity contribution in [3.8, 4) is 0 Å². The normalized spacial score (nSPS) is 10.8. The van der Waals surface area contributed by atoms with Crippen LogP contribution in [0.1, 0.15) is 31.1 Å². The molecule has 0 bridgehead atoms. The van der Waals surface area contributed by atoms with Gasteiger partial charge >= 0.3 is 5.97 Å². The molecule has 0 spiro atoms. The monoisotopic (exact) mass is 395 g/mol. The maximum Gasteiger partial charge on any atom is 0.339 e. The molecular weight excluding hydrogens is 370 g/mol. The van der Waals surface area contributed by atoms with E-state index in [0.29, 0.717) is 4.90 Å².